The van der Waals surface area contributed by atoms with Crippen molar-refractivity contribution in [1.29, 1.82) is 0 Å². The lowest BCUT2D eigenvalue weighted by Gasteiger charge is -2.32. The number of carboxylic acids is 1. The van der Waals surface area contributed by atoms with Crippen molar-refractivity contribution < 1.29 is 19.4 Å². The van der Waals surface area contributed by atoms with Crippen molar-refractivity contribution in [3.63, 3.8) is 0 Å². The van der Waals surface area contributed by atoms with Gasteiger partial charge in [0.25, 0.3) is 0 Å². The first kappa shape index (κ1) is 11.2. The highest BCUT2D eigenvalue weighted by atomic mass is 16.5. The molecular weight excluding hydrogens is 212 g/mol. The van der Waals surface area contributed by atoms with Crippen LogP contribution >= 0.6 is 0 Å². The summed E-state index contributed by atoms with van der Waals surface area (Å²) in [5.74, 6) is -0.894. The molecule has 16 heavy (non-hydrogen) atoms. The van der Waals surface area contributed by atoms with Crippen LogP contribution in [0.2, 0.25) is 0 Å². The first-order chi connectivity index (χ1) is 7.65. The number of carboxylic acid groups (broad SMARTS) is 1. The minimum atomic E-state index is -0.894. The van der Waals surface area contributed by atoms with Crippen molar-refractivity contribution in [3.8, 4) is 0 Å². The van der Waals surface area contributed by atoms with Crippen molar-refractivity contribution in [2.75, 3.05) is 19.7 Å². The second-order valence-corrected chi connectivity index (χ2v) is 4.26. The number of carbonyl (C=O) groups excluding carboxylic acids is 1. The van der Waals surface area contributed by atoms with E-state index in [0.29, 0.717) is 25.7 Å². The van der Waals surface area contributed by atoms with Gasteiger partial charge in [-0.3, -0.25) is 4.79 Å². The number of ether oxygens (including phenoxy) is 1. The summed E-state index contributed by atoms with van der Waals surface area (Å²) in [6.07, 6.45) is 1.67. The molecule has 0 aromatic carbocycles. The molecule has 0 aromatic rings. The Morgan fingerprint density at radius 3 is 2.81 bits per heavy atom. The summed E-state index contributed by atoms with van der Waals surface area (Å²) < 4.78 is 5.29. The molecule has 6 nitrogen and oxygen atoms in total. The molecule has 2 N–H and O–H groups in total. The fourth-order valence-electron chi connectivity index (χ4n) is 1.72. The minimum Gasteiger partial charge on any atom is -0.481 e. The number of hydrogen-bond donors (Lipinski definition) is 2. The fourth-order valence-corrected chi connectivity index (χ4v) is 1.72. The molecule has 0 spiro atoms. The van der Waals surface area contributed by atoms with E-state index in [2.05, 4.69) is 5.32 Å². The van der Waals surface area contributed by atoms with Crippen LogP contribution in [0.1, 0.15) is 19.3 Å². The Hall–Kier alpha value is -1.30. The van der Waals surface area contributed by atoms with Gasteiger partial charge >= 0.3 is 12.0 Å². The van der Waals surface area contributed by atoms with Crippen molar-refractivity contribution in [3.05, 3.63) is 0 Å². The van der Waals surface area contributed by atoms with E-state index in [0.717, 1.165) is 12.8 Å². The molecule has 1 aliphatic heterocycles. The van der Waals surface area contributed by atoms with Crippen LogP contribution in [0.25, 0.3) is 0 Å². The summed E-state index contributed by atoms with van der Waals surface area (Å²) in [4.78, 5) is 23.9. The molecule has 1 heterocycles. The van der Waals surface area contributed by atoms with Gasteiger partial charge in [-0.15, -0.1) is 0 Å². The van der Waals surface area contributed by atoms with Gasteiger partial charge in [0.2, 0.25) is 0 Å². The molecule has 1 aliphatic carbocycles. The predicted octanol–water partition coefficient (Wildman–Crippen LogP) is 0.0339. The number of urea groups is 1. The van der Waals surface area contributed by atoms with Gasteiger partial charge in [-0.25, -0.2) is 4.79 Å². The molecule has 0 bridgehead atoms. The highest BCUT2D eigenvalue weighted by Gasteiger charge is 2.29. The maximum Gasteiger partial charge on any atom is 0.317 e. The molecule has 0 aromatic heterocycles. The van der Waals surface area contributed by atoms with Crippen LogP contribution in [0.3, 0.4) is 0 Å². The monoisotopic (exact) mass is 228 g/mol. The molecule has 1 saturated carbocycles. The standard InChI is InChI=1S/C10H16N2O4/c13-9(14)5-8-6-12(3-4-16-8)10(15)11-7-1-2-7/h7-8H,1-6H2,(H,11,15)(H,13,14). The molecule has 90 valence electrons. The van der Waals surface area contributed by atoms with Gasteiger partial charge in [0.05, 0.1) is 19.1 Å². The van der Waals surface area contributed by atoms with E-state index in [1.165, 1.54) is 0 Å². The van der Waals surface area contributed by atoms with Crippen molar-refractivity contribution >= 4 is 12.0 Å². The molecule has 1 atom stereocenters. The Bertz CT molecular complexity index is 291. The highest BCUT2D eigenvalue weighted by Crippen LogP contribution is 2.19. The van der Waals surface area contributed by atoms with Crippen LogP contribution in [0.4, 0.5) is 4.79 Å². The molecule has 1 saturated heterocycles. The lowest BCUT2D eigenvalue weighted by atomic mass is 10.2. The fraction of sp³-hybridized carbons (Fsp3) is 0.800. The van der Waals surface area contributed by atoms with Crippen LogP contribution in [0, 0.1) is 0 Å². The summed E-state index contributed by atoms with van der Waals surface area (Å²) >= 11 is 0. The van der Waals surface area contributed by atoms with Crippen LogP contribution in [-0.2, 0) is 9.53 Å². The van der Waals surface area contributed by atoms with Gasteiger partial charge < -0.3 is 20.1 Å². The zero-order valence-corrected chi connectivity index (χ0v) is 9.02. The van der Waals surface area contributed by atoms with Gasteiger partial charge in [0.15, 0.2) is 0 Å². The Balaban J connectivity index is 1.80. The van der Waals surface area contributed by atoms with Crippen LogP contribution in [0.5, 0.6) is 0 Å². The highest BCUT2D eigenvalue weighted by molar-refractivity contribution is 5.75. The minimum absolute atomic E-state index is 0.0484. The Morgan fingerprint density at radius 1 is 1.44 bits per heavy atom. The van der Waals surface area contributed by atoms with Gasteiger partial charge in [-0.2, -0.15) is 0 Å². The van der Waals surface area contributed by atoms with E-state index in [4.69, 9.17) is 9.84 Å². The quantitative estimate of drug-likeness (QED) is 0.714. The third-order valence-electron chi connectivity index (χ3n) is 2.73. The van der Waals surface area contributed by atoms with Crippen molar-refractivity contribution in [2.24, 2.45) is 0 Å². The average Bonchev–Trinajstić information content (AvgIpc) is 3.01. The largest absolute Gasteiger partial charge is 0.481 e. The van der Waals surface area contributed by atoms with E-state index in [-0.39, 0.29) is 18.6 Å². The molecule has 6 heteroatoms. The number of rotatable bonds is 3. The molecule has 2 aliphatic rings. The normalized spacial score (nSPS) is 25.2. The van der Waals surface area contributed by atoms with E-state index in [1.54, 1.807) is 4.90 Å². The number of aliphatic carboxylic acids is 1. The number of nitrogens with one attached hydrogen (secondary N) is 1. The van der Waals surface area contributed by atoms with Crippen molar-refractivity contribution in [2.45, 2.75) is 31.4 Å². The summed E-state index contributed by atoms with van der Waals surface area (Å²) in [6.45, 7) is 1.32. The number of morpholine rings is 1. The van der Waals surface area contributed by atoms with E-state index in [9.17, 15) is 9.59 Å². The second kappa shape index (κ2) is 4.69. The smallest absolute Gasteiger partial charge is 0.317 e. The molecule has 2 amide bonds. The maximum atomic E-state index is 11.7. The number of carbonyl (C=O) groups is 2. The predicted molar refractivity (Wildman–Crippen MR) is 55.1 cm³/mol. The van der Waals surface area contributed by atoms with Gasteiger partial charge in [-0.1, -0.05) is 0 Å². The van der Waals surface area contributed by atoms with E-state index >= 15 is 0 Å². The Morgan fingerprint density at radius 2 is 2.19 bits per heavy atom. The first-order valence-corrected chi connectivity index (χ1v) is 5.54. The van der Waals surface area contributed by atoms with Crippen LogP contribution in [-0.4, -0.2) is 53.8 Å². The lowest BCUT2D eigenvalue weighted by molar-refractivity contribution is -0.141. The second-order valence-electron chi connectivity index (χ2n) is 4.26. The third-order valence-corrected chi connectivity index (χ3v) is 2.73. The summed E-state index contributed by atoms with van der Waals surface area (Å²) in [5.41, 5.74) is 0. The van der Waals surface area contributed by atoms with Gasteiger partial charge in [-0.05, 0) is 12.8 Å². The molecule has 0 radical (unpaired) electrons. The first-order valence-electron chi connectivity index (χ1n) is 5.54. The zero-order valence-electron chi connectivity index (χ0n) is 9.02. The average molecular weight is 228 g/mol. The third kappa shape index (κ3) is 3.10. The summed E-state index contributed by atoms with van der Waals surface area (Å²) in [6, 6.07) is 0.231. The summed E-state index contributed by atoms with van der Waals surface area (Å²) in [7, 11) is 0. The molecular formula is C10H16N2O4. The number of hydrogen-bond acceptors (Lipinski definition) is 3. The van der Waals surface area contributed by atoms with Crippen LogP contribution in [0.15, 0.2) is 0 Å². The lowest BCUT2D eigenvalue weighted by Crippen LogP contribution is -2.50. The molecule has 2 fully saturated rings. The summed E-state index contributed by atoms with van der Waals surface area (Å²) in [5, 5.41) is 11.5. The molecule has 2 rings (SSSR count). The maximum absolute atomic E-state index is 11.7. The Labute approximate surface area is 93.6 Å². The van der Waals surface area contributed by atoms with E-state index in [1.807, 2.05) is 0 Å². The topological polar surface area (TPSA) is 78.9 Å². The number of amides is 2. The van der Waals surface area contributed by atoms with Gasteiger partial charge in [0, 0.05) is 19.1 Å². The molecule has 1 unspecified atom stereocenters. The zero-order chi connectivity index (χ0) is 11.5. The SMILES string of the molecule is O=C(O)CC1CN(C(=O)NC2CC2)CCO1. The van der Waals surface area contributed by atoms with Gasteiger partial charge in [0.1, 0.15) is 0 Å². The number of nitrogens with zero attached hydrogens (tertiary/aromatic N) is 1. The van der Waals surface area contributed by atoms with Crippen molar-refractivity contribution in [1.82, 2.24) is 10.2 Å². The van der Waals surface area contributed by atoms with Crippen LogP contribution < -0.4 is 5.32 Å². The van der Waals surface area contributed by atoms with E-state index < -0.39 is 5.97 Å². The Kier molecular flexibility index (Phi) is 3.28.